The van der Waals surface area contributed by atoms with Crippen LogP contribution < -0.4 is 14.8 Å². The molecule has 9 heteroatoms. The third kappa shape index (κ3) is 4.76. The second-order valence-corrected chi connectivity index (χ2v) is 5.43. The number of nitriles is 1. The first-order chi connectivity index (χ1) is 13.4. The number of phenols is 1. The highest BCUT2D eigenvalue weighted by Crippen LogP contribution is 2.30. The zero-order chi connectivity index (χ0) is 20.7. The first kappa shape index (κ1) is 20.3. The van der Waals surface area contributed by atoms with Crippen LogP contribution >= 0.6 is 0 Å². The highest BCUT2D eigenvalue weighted by molar-refractivity contribution is 6.10. The molecule has 0 bridgehead atoms. The lowest BCUT2D eigenvalue weighted by Gasteiger charge is -2.10. The van der Waals surface area contributed by atoms with Crippen LogP contribution in [0.1, 0.15) is 12.5 Å². The standard InChI is InChI=1S/C19H17N3O6/c1-3-28-18-9-12(4-7-17(18)27-2)8-13(11-20)19(24)21-15-6-5-14(22(25)26)10-16(15)23/h4-10,23H,3H2,1-2H3,(H,21,24). The van der Waals surface area contributed by atoms with E-state index >= 15 is 0 Å². The first-order valence-corrected chi connectivity index (χ1v) is 8.11. The van der Waals surface area contributed by atoms with E-state index in [1.807, 2.05) is 6.92 Å². The van der Waals surface area contributed by atoms with E-state index in [4.69, 9.17) is 9.47 Å². The summed E-state index contributed by atoms with van der Waals surface area (Å²) in [5.74, 6) is -0.287. The SMILES string of the molecule is CCOc1cc(C=C(C#N)C(=O)Nc2ccc([N+](=O)[O-])cc2O)ccc1OC. The number of phenolic OH excluding ortho intramolecular Hbond substituents is 1. The summed E-state index contributed by atoms with van der Waals surface area (Å²) < 4.78 is 10.6. The van der Waals surface area contributed by atoms with Gasteiger partial charge in [-0.15, -0.1) is 0 Å². The Kier molecular flexibility index (Phi) is 6.54. The van der Waals surface area contributed by atoms with Crippen LogP contribution in [-0.2, 0) is 4.79 Å². The number of benzene rings is 2. The highest BCUT2D eigenvalue weighted by Gasteiger charge is 2.15. The number of nitrogens with one attached hydrogen (secondary N) is 1. The average Bonchev–Trinajstić information content (AvgIpc) is 2.67. The Balaban J connectivity index is 2.27. The molecule has 0 heterocycles. The van der Waals surface area contributed by atoms with Gasteiger partial charge in [0.2, 0.25) is 0 Å². The number of nitro groups is 1. The third-order valence-electron chi connectivity index (χ3n) is 3.60. The first-order valence-electron chi connectivity index (χ1n) is 8.11. The summed E-state index contributed by atoms with van der Waals surface area (Å²) in [5, 5.41) is 32.2. The van der Waals surface area contributed by atoms with Gasteiger partial charge in [0.25, 0.3) is 11.6 Å². The summed E-state index contributed by atoms with van der Waals surface area (Å²) in [5.41, 5.74) is -0.0797. The number of ether oxygens (including phenoxy) is 2. The second-order valence-electron chi connectivity index (χ2n) is 5.43. The number of amides is 1. The van der Waals surface area contributed by atoms with Gasteiger partial charge in [0.15, 0.2) is 11.5 Å². The fourth-order valence-electron chi connectivity index (χ4n) is 2.30. The van der Waals surface area contributed by atoms with Crippen molar-refractivity contribution < 1.29 is 24.3 Å². The second kappa shape index (κ2) is 9.05. The van der Waals surface area contributed by atoms with Crippen molar-refractivity contribution in [1.82, 2.24) is 0 Å². The number of methoxy groups -OCH3 is 1. The lowest BCUT2D eigenvalue weighted by atomic mass is 10.1. The molecule has 0 atom stereocenters. The smallest absolute Gasteiger partial charge is 0.273 e. The topological polar surface area (TPSA) is 135 Å². The Labute approximate surface area is 160 Å². The molecule has 2 aromatic rings. The van der Waals surface area contributed by atoms with Gasteiger partial charge in [0.05, 0.1) is 30.4 Å². The molecule has 9 nitrogen and oxygen atoms in total. The fraction of sp³-hybridized carbons (Fsp3) is 0.158. The maximum atomic E-state index is 12.3. The number of anilines is 1. The van der Waals surface area contributed by atoms with Crippen LogP contribution in [0, 0.1) is 21.4 Å². The van der Waals surface area contributed by atoms with Crippen molar-refractivity contribution in [2.75, 3.05) is 19.0 Å². The van der Waals surface area contributed by atoms with Gasteiger partial charge in [-0.2, -0.15) is 5.26 Å². The van der Waals surface area contributed by atoms with Crippen molar-refractivity contribution in [2.24, 2.45) is 0 Å². The Morgan fingerprint density at radius 1 is 1.32 bits per heavy atom. The van der Waals surface area contributed by atoms with E-state index < -0.39 is 16.6 Å². The largest absolute Gasteiger partial charge is 0.506 e. The minimum absolute atomic E-state index is 0.0542. The quantitative estimate of drug-likeness (QED) is 0.246. The maximum Gasteiger partial charge on any atom is 0.273 e. The van der Waals surface area contributed by atoms with Gasteiger partial charge < -0.3 is 19.9 Å². The van der Waals surface area contributed by atoms with E-state index in [0.717, 1.165) is 12.1 Å². The normalized spacial score (nSPS) is 10.7. The molecule has 0 aliphatic rings. The zero-order valence-corrected chi connectivity index (χ0v) is 15.1. The maximum absolute atomic E-state index is 12.3. The summed E-state index contributed by atoms with van der Waals surface area (Å²) in [6.45, 7) is 2.22. The van der Waals surface area contributed by atoms with Gasteiger partial charge in [-0.05, 0) is 36.8 Å². The Hall–Kier alpha value is -4.06. The number of rotatable bonds is 7. The van der Waals surface area contributed by atoms with E-state index in [1.54, 1.807) is 24.3 Å². The molecule has 2 aromatic carbocycles. The van der Waals surface area contributed by atoms with Crippen LogP contribution in [0.2, 0.25) is 0 Å². The summed E-state index contributed by atoms with van der Waals surface area (Å²) in [4.78, 5) is 22.4. The van der Waals surface area contributed by atoms with E-state index in [1.165, 1.54) is 19.3 Å². The Morgan fingerprint density at radius 3 is 2.64 bits per heavy atom. The molecular formula is C19H17N3O6. The van der Waals surface area contributed by atoms with Crippen LogP contribution in [0.25, 0.3) is 6.08 Å². The molecule has 0 aliphatic carbocycles. The average molecular weight is 383 g/mol. The van der Waals surface area contributed by atoms with Gasteiger partial charge in [0, 0.05) is 6.07 Å². The van der Waals surface area contributed by atoms with Crippen molar-refractivity contribution in [3.05, 3.63) is 57.6 Å². The van der Waals surface area contributed by atoms with Gasteiger partial charge in [-0.3, -0.25) is 14.9 Å². The number of hydrogen-bond donors (Lipinski definition) is 2. The van der Waals surface area contributed by atoms with Crippen molar-refractivity contribution in [3.8, 4) is 23.3 Å². The van der Waals surface area contributed by atoms with Gasteiger partial charge >= 0.3 is 0 Å². The van der Waals surface area contributed by atoms with Crippen LogP contribution in [0.4, 0.5) is 11.4 Å². The number of carbonyl (C=O) groups excluding carboxylic acids is 1. The predicted molar refractivity (Wildman–Crippen MR) is 101 cm³/mol. The minimum atomic E-state index is -0.777. The molecule has 0 saturated heterocycles. The lowest BCUT2D eigenvalue weighted by Crippen LogP contribution is -2.13. The number of hydrogen-bond acceptors (Lipinski definition) is 7. The molecule has 0 saturated carbocycles. The van der Waals surface area contributed by atoms with Crippen LogP contribution in [0.5, 0.6) is 17.2 Å². The number of nitrogens with zero attached hydrogens (tertiary/aromatic N) is 2. The van der Waals surface area contributed by atoms with E-state index in [-0.39, 0.29) is 16.9 Å². The van der Waals surface area contributed by atoms with E-state index in [0.29, 0.717) is 23.7 Å². The summed E-state index contributed by atoms with van der Waals surface area (Å²) >= 11 is 0. The van der Waals surface area contributed by atoms with Gasteiger partial charge in [-0.1, -0.05) is 6.07 Å². The van der Waals surface area contributed by atoms with Crippen molar-refractivity contribution in [1.29, 1.82) is 5.26 Å². The molecule has 1 amide bonds. The monoisotopic (exact) mass is 383 g/mol. The summed E-state index contributed by atoms with van der Waals surface area (Å²) in [7, 11) is 1.50. The number of carbonyl (C=O) groups is 1. The van der Waals surface area contributed by atoms with Crippen LogP contribution in [-0.4, -0.2) is 29.7 Å². The molecule has 2 N–H and O–H groups in total. The fourth-order valence-corrected chi connectivity index (χ4v) is 2.30. The van der Waals surface area contributed by atoms with Gasteiger partial charge in [0.1, 0.15) is 17.4 Å². The van der Waals surface area contributed by atoms with Crippen LogP contribution in [0.15, 0.2) is 42.0 Å². The molecule has 0 radical (unpaired) electrons. The summed E-state index contributed by atoms with van der Waals surface area (Å²) in [6, 6.07) is 9.92. The third-order valence-corrected chi connectivity index (χ3v) is 3.60. The molecule has 144 valence electrons. The van der Waals surface area contributed by atoms with Crippen molar-refractivity contribution in [3.63, 3.8) is 0 Å². The van der Waals surface area contributed by atoms with Crippen LogP contribution in [0.3, 0.4) is 0 Å². The minimum Gasteiger partial charge on any atom is -0.506 e. The Morgan fingerprint density at radius 2 is 2.07 bits per heavy atom. The van der Waals surface area contributed by atoms with Crippen molar-refractivity contribution in [2.45, 2.75) is 6.92 Å². The van der Waals surface area contributed by atoms with Gasteiger partial charge in [-0.25, -0.2) is 0 Å². The predicted octanol–water partition coefficient (Wildman–Crippen LogP) is 3.25. The molecule has 0 aromatic heterocycles. The number of non-ortho nitro benzene ring substituents is 1. The Bertz CT molecular complexity index is 978. The molecule has 2 rings (SSSR count). The molecule has 28 heavy (non-hydrogen) atoms. The molecule has 0 aliphatic heterocycles. The zero-order valence-electron chi connectivity index (χ0n) is 15.1. The molecule has 0 fully saturated rings. The number of nitro benzene ring substituents is 1. The van der Waals surface area contributed by atoms with E-state index in [9.17, 15) is 25.3 Å². The highest BCUT2D eigenvalue weighted by atomic mass is 16.6. The molecule has 0 unspecified atom stereocenters. The van der Waals surface area contributed by atoms with E-state index in [2.05, 4.69) is 5.32 Å². The lowest BCUT2D eigenvalue weighted by molar-refractivity contribution is -0.384. The number of aromatic hydroxyl groups is 1. The summed E-state index contributed by atoms with van der Waals surface area (Å²) in [6.07, 6.45) is 1.35. The molecule has 0 spiro atoms. The molecular weight excluding hydrogens is 366 g/mol. The van der Waals surface area contributed by atoms with Crippen molar-refractivity contribution >= 4 is 23.4 Å².